The van der Waals surface area contributed by atoms with E-state index in [4.69, 9.17) is 11.6 Å². The maximum absolute atomic E-state index is 12.8. The molecule has 0 saturated carbocycles. The number of carbonyl (C=O) groups is 3. The van der Waals surface area contributed by atoms with E-state index in [-0.39, 0.29) is 24.3 Å². The summed E-state index contributed by atoms with van der Waals surface area (Å²) < 4.78 is 0. The lowest BCUT2D eigenvalue weighted by atomic mass is 10.0. The van der Waals surface area contributed by atoms with E-state index < -0.39 is 11.9 Å². The van der Waals surface area contributed by atoms with Crippen molar-refractivity contribution in [1.82, 2.24) is 10.2 Å². The standard InChI is InChI=1S/C21H24ClN3O3/c1-14(2)19(24-20(27)16-11-7-8-12-17(16)22)21(28)25(3)13-18(26)23-15-9-5-4-6-10-15/h4-12,14,19H,13H2,1-3H3,(H,23,26)(H,24,27). The Labute approximate surface area is 169 Å². The molecule has 0 aliphatic carbocycles. The Balaban J connectivity index is 2.02. The molecule has 2 aromatic rings. The normalized spacial score (nSPS) is 11.6. The van der Waals surface area contributed by atoms with Gasteiger partial charge < -0.3 is 15.5 Å². The van der Waals surface area contributed by atoms with Crippen molar-refractivity contribution in [3.63, 3.8) is 0 Å². The molecule has 6 nitrogen and oxygen atoms in total. The van der Waals surface area contributed by atoms with Gasteiger partial charge in [-0.1, -0.05) is 55.8 Å². The van der Waals surface area contributed by atoms with Crippen molar-refractivity contribution in [2.45, 2.75) is 19.9 Å². The number of nitrogens with zero attached hydrogens (tertiary/aromatic N) is 1. The summed E-state index contributed by atoms with van der Waals surface area (Å²) in [4.78, 5) is 38.8. The molecule has 2 rings (SSSR count). The Kier molecular flexibility index (Phi) is 7.58. The first-order chi connectivity index (χ1) is 13.3. The molecule has 0 bridgehead atoms. The molecule has 0 aliphatic rings. The summed E-state index contributed by atoms with van der Waals surface area (Å²) in [6, 6.07) is 14.8. The lowest BCUT2D eigenvalue weighted by Crippen LogP contribution is -2.51. The fraction of sp³-hybridized carbons (Fsp3) is 0.286. The van der Waals surface area contributed by atoms with E-state index in [9.17, 15) is 14.4 Å². The average molecular weight is 402 g/mol. The van der Waals surface area contributed by atoms with E-state index in [1.807, 2.05) is 32.0 Å². The maximum Gasteiger partial charge on any atom is 0.253 e. The third kappa shape index (κ3) is 5.82. The number of halogens is 1. The average Bonchev–Trinajstić information content (AvgIpc) is 2.66. The number of benzene rings is 2. The zero-order valence-electron chi connectivity index (χ0n) is 16.1. The van der Waals surface area contributed by atoms with Crippen molar-refractivity contribution in [2.75, 3.05) is 18.9 Å². The van der Waals surface area contributed by atoms with Gasteiger partial charge in [-0.15, -0.1) is 0 Å². The Hall–Kier alpha value is -2.86. The molecule has 1 unspecified atom stereocenters. The molecule has 0 fully saturated rings. The van der Waals surface area contributed by atoms with Crippen LogP contribution in [0.3, 0.4) is 0 Å². The zero-order valence-corrected chi connectivity index (χ0v) is 16.9. The second kappa shape index (κ2) is 9.90. The molecule has 0 heterocycles. The van der Waals surface area contributed by atoms with Gasteiger partial charge in [-0.25, -0.2) is 0 Å². The first-order valence-corrected chi connectivity index (χ1v) is 9.32. The minimum Gasteiger partial charge on any atom is -0.340 e. The SMILES string of the molecule is CC(C)C(NC(=O)c1ccccc1Cl)C(=O)N(C)CC(=O)Nc1ccccc1. The molecule has 7 heteroatoms. The summed E-state index contributed by atoms with van der Waals surface area (Å²) in [5.74, 6) is -1.26. The minimum atomic E-state index is -0.779. The molecule has 28 heavy (non-hydrogen) atoms. The smallest absolute Gasteiger partial charge is 0.253 e. The molecule has 3 amide bonds. The van der Waals surface area contributed by atoms with Crippen molar-refractivity contribution in [2.24, 2.45) is 5.92 Å². The highest BCUT2D eigenvalue weighted by molar-refractivity contribution is 6.33. The molecule has 0 spiro atoms. The molecule has 0 radical (unpaired) electrons. The topological polar surface area (TPSA) is 78.5 Å². The molecular formula is C21H24ClN3O3. The van der Waals surface area contributed by atoms with Crippen molar-refractivity contribution >= 4 is 35.0 Å². The van der Waals surface area contributed by atoms with Crippen molar-refractivity contribution < 1.29 is 14.4 Å². The number of likely N-dealkylation sites (N-methyl/N-ethyl adjacent to an activating group) is 1. The lowest BCUT2D eigenvalue weighted by Gasteiger charge is -2.27. The molecular weight excluding hydrogens is 378 g/mol. The summed E-state index contributed by atoms with van der Waals surface area (Å²) >= 11 is 6.06. The lowest BCUT2D eigenvalue weighted by molar-refractivity contribution is -0.135. The van der Waals surface area contributed by atoms with Gasteiger partial charge in [-0.2, -0.15) is 0 Å². The van der Waals surface area contributed by atoms with Gasteiger partial charge in [0.25, 0.3) is 5.91 Å². The van der Waals surface area contributed by atoms with Gasteiger partial charge in [0, 0.05) is 12.7 Å². The third-order valence-electron chi connectivity index (χ3n) is 4.15. The molecule has 148 valence electrons. The minimum absolute atomic E-state index is 0.126. The highest BCUT2D eigenvalue weighted by Crippen LogP contribution is 2.16. The molecule has 0 saturated heterocycles. The number of hydrogen-bond acceptors (Lipinski definition) is 3. The number of rotatable bonds is 7. The van der Waals surface area contributed by atoms with E-state index in [2.05, 4.69) is 10.6 Å². The highest BCUT2D eigenvalue weighted by atomic mass is 35.5. The molecule has 2 aromatic carbocycles. The second-order valence-electron chi connectivity index (χ2n) is 6.78. The quantitative estimate of drug-likeness (QED) is 0.747. The summed E-state index contributed by atoms with van der Waals surface area (Å²) in [5, 5.41) is 5.77. The number of para-hydroxylation sites is 1. The molecule has 0 aliphatic heterocycles. The van der Waals surface area contributed by atoms with Crippen LogP contribution in [0.5, 0.6) is 0 Å². The highest BCUT2D eigenvalue weighted by Gasteiger charge is 2.28. The zero-order chi connectivity index (χ0) is 20.7. The van der Waals surface area contributed by atoms with E-state index in [0.717, 1.165) is 0 Å². The Bertz CT molecular complexity index is 840. The second-order valence-corrected chi connectivity index (χ2v) is 7.19. The number of anilines is 1. The van der Waals surface area contributed by atoms with Crippen LogP contribution < -0.4 is 10.6 Å². The Morgan fingerprint density at radius 1 is 1.00 bits per heavy atom. The van der Waals surface area contributed by atoms with Crippen molar-refractivity contribution in [1.29, 1.82) is 0 Å². The Morgan fingerprint density at radius 2 is 1.61 bits per heavy atom. The predicted octanol–water partition coefficient (Wildman–Crippen LogP) is 3.19. The van der Waals surface area contributed by atoms with Crippen LogP contribution in [0.15, 0.2) is 54.6 Å². The van der Waals surface area contributed by atoms with Crippen LogP contribution in [0.25, 0.3) is 0 Å². The van der Waals surface area contributed by atoms with E-state index >= 15 is 0 Å². The monoisotopic (exact) mass is 401 g/mol. The van der Waals surface area contributed by atoms with Crippen molar-refractivity contribution in [3.8, 4) is 0 Å². The summed E-state index contributed by atoms with van der Waals surface area (Å²) in [6.07, 6.45) is 0. The Morgan fingerprint density at radius 3 is 2.21 bits per heavy atom. The maximum atomic E-state index is 12.8. The van der Waals surface area contributed by atoms with Crippen molar-refractivity contribution in [3.05, 3.63) is 65.2 Å². The van der Waals surface area contributed by atoms with Gasteiger partial charge >= 0.3 is 0 Å². The first-order valence-electron chi connectivity index (χ1n) is 8.95. The van der Waals surface area contributed by atoms with Gasteiger partial charge in [-0.05, 0) is 30.2 Å². The van der Waals surface area contributed by atoms with Gasteiger partial charge in [0.15, 0.2) is 0 Å². The fourth-order valence-corrected chi connectivity index (χ4v) is 2.85. The fourth-order valence-electron chi connectivity index (χ4n) is 2.63. The largest absolute Gasteiger partial charge is 0.340 e. The van der Waals surface area contributed by atoms with Crippen LogP contribution in [-0.4, -0.2) is 42.3 Å². The van der Waals surface area contributed by atoms with Crippen LogP contribution >= 0.6 is 11.6 Å². The third-order valence-corrected chi connectivity index (χ3v) is 4.48. The number of nitrogens with one attached hydrogen (secondary N) is 2. The van der Waals surface area contributed by atoms with Crippen LogP contribution in [0.1, 0.15) is 24.2 Å². The summed E-state index contributed by atoms with van der Waals surface area (Å²) in [5.41, 5.74) is 0.952. The van der Waals surface area contributed by atoms with Gasteiger partial charge in [0.2, 0.25) is 11.8 Å². The van der Waals surface area contributed by atoms with Gasteiger partial charge in [0.05, 0.1) is 17.1 Å². The molecule has 0 aromatic heterocycles. The molecule has 1 atom stereocenters. The summed E-state index contributed by atoms with van der Waals surface area (Å²) in [7, 11) is 1.53. The molecule has 2 N–H and O–H groups in total. The van der Waals surface area contributed by atoms with Gasteiger partial charge in [-0.3, -0.25) is 14.4 Å². The van der Waals surface area contributed by atoms with Crippen LogP contribution in [-0.2, 0) is 9.59 Å². The van der Waals surface area contributed by atoms with Crippen LogP contribution in [0, 0.1) is 5.92 Å². The van der Waals surface area contributed by atoms with Gasteiger partial charge in [0.1, 0.15) is 6.04 Å². The van der Waals surface area contributed by atoms with E-state index in [1.165, 1.54) is 11.9 Å². The summed E-state index contributed by atoms with van der Waals surface area (Å²) in [6.45, 7) is 3.53. The number of carbonyl (C=O) groups excluding carboxylic acids is 3. The van der Waals surface area contributed by atoms with E-state index in [1.54, 1.807) is 36.4 Å². The predicted molar refractivity (Wildman–Crippen MR) is 110 cm³/mol. The number of hydrogen-bond donors (Lipinski definition) is 2. The first kappa shape index (κ1) is 21.4. The van der Waals surface area contributed by atoms with Crippen LogP contribution in [0.4, 0.5) is 5.69 Å². The van der Waals surface area contributed by atoms with E-state index in [0.29, 0.717) is 16.3 Å². The van der Waals surface area contributed by atoms with Crippen LogP contribution in [0.2, 0.25) is 5.02 Å². The number of amides is 3.